The first kappa shape index (κ1) is 16.4. The van der Waals surface area contributed by atoms with Gasteiger partial charge < -0.3 is 15.4 Å². The Hall–Kier alpha value is -2.41. The number of amides is 1. The van der Waals surface area contributed by atoms with Crippen molar-refractivity contribution in [2.24, 2.45) is 7.05 Å². The number of nitrogens with zero attached hydrogens (tertiary/aromatic N) is 2. The number of benzene rings is 1. The topological polar surface area (TPSA) is 68.2 Å². The van der Waals surface area contributed by atoms with E-state index >= 15 is 0 Å². The van der Waals surface area contributed by atoms with Crippen molar-refractivity contribution in [1.82, 2.24) is 20.4 Å². The Morgan fingerprint density at radius 2 is 2.42 bits per heavy atom. The van der Waals surface area contributed by atoms with Crippen molar-refractivity contribution in [2.45, 2.75) is 18.6 Å². The zero-order valence-corrected chi connectivity index (χ0v) is 13.5. The average Bonchev–Trinajstić information content (AvgIpc) is 3.20. The monoisotopic (exact) mass is 331 g/mol. The summed E-state index contributed by atoms with van der Waals surface area (Å²) in [6.07, 6.45) is 2.98. The summed E-state index contributed by atoms with van der Waals surface area (Å²) in [7, 11) is 1.86. The highest BCUT2D eigenvalue weighted by Crippen LogP contribution is 2.22. The minimum atomic E-state index is -0.942. The molecule has 1 fully saturated rings. The summed E-state index contributed by atoms with van der Waals surface area (Å²) in [5, 5.41) is 9.74. The van der Waals surface area contributed by atoms with Crippen LogP contribution in [-0.4, -0.2) is 47.6 Å². The molecule has 7 heteroatoms. The Balaban J connectivity index is 1.46. The Kier molecular flexibility index (Phi) is 5.10. The Morgan fingerprint density at radius 3 is 3.12 bits per heavy atom. The number of aryl methyl sites for hydroxylation is 1. The lowest BCUT2D eigenvalue weighted by Gasteiger charge is -2.12. The molecule has 0 saturated carbocycles. The molecule has 2 aromatic rings. The number of hydrogen-bond donors (Lipinski definition) is 2. The van der Waals surface area contributed by atoms with Gasteiger partial charge in [0.2, 0.25) is 5.91 Å². The lowest BCUT2D eigenvalue weighted by atomic mass is 10.1. The SMILES string of the molecule is Cn1cc(-c2c[c]cc(OCCNC(=O)C3CC(F)CN3)c2)cn1. The Labute approximate surface area is 140 Å². The largest absolute Gasteiger partial charge is 0.492 e. The molecule has 0 spiro atoms. The van der Waals surface area contributed by atoms with Crippen LogP contribution in [0.4, 0.5) is 4.39 Å². The second-order valence-electron chi connectivity index (χ2n) is 5.79. The van der Waals surface area contributed by atoms with Crippen molar-refractivity contribution in [1.29, 1.82) is 0 Å². The van der Waals surface area contributed by atoms with Crippen LogP contribution in [0.25, 0.3) is 11.1 Å². The lowest BCUT2D eigenvalue weighted by molar-refractivity contribution is -0.122. The minimum absolute atomic E-state index is 0.186. The summed E-state index contributed by atoms with van der Waals surface area (Å²) >= 11 is 0. The van der Waals surface area contributed by atoms with Crippen molar-refractivity contribution >= 4 is 5.91 Å². The first-order chi connectivity index (χ1) is 11.6. The molecular weight excluding hydrogens is 311 g/mol. The molecule has 1 aromatic carbocycles. The van der Waals surface area contributed by atoms with E-state index in [4.69, 9.17) is 4.74 Å². The van der Waals surface area contributed by atoms with Crippen LogP contribution < -0.4 is 15.4 Å². The van der Waals surface area contributed by atoms with Gasteiger partial charge in [-0.25, -0.2) is 4.39 Å². The van der Waals surface area contributed by atoms with Gasteiger partial charge in [-0.1, -0.05) is 0 Å². The van der Waals surface area contributed by atoms with E-state index in [-0.39, 0.29) is 18.9 Å². The number of rotatable bonds is 6. The third-order valence-electron chi connectivity index (χ3n) is 3.86. The molecule has 0 bridgehead atoms. The normalized spacial score (nSPS) is 20.1. The summed E-state index contributed by atoms with van der Waals surface area (Å²) in [6, 6.07) is 8.11. The van der Waals surface area contributed by atoms with Crippen molar-refractivity contribution < 1.29 is 13.9 Å². The Morgan fingerprint density at radius 1 is 1.54 bits per heavy atom. The van der Waals surface area contributed by atoms with Crippen LogP contribution in [0.15, 0.2) is 30.6 Å². The third-order valence-corrected chi connectivity index (χ3v) is 3.86. The van der Waals surface area contributed by atoms with Crippen LogP contribution >= 0.6 is 0 Å². The van der Waals surface area contributed by atoms with E-state index in [1.807, 2.05) is 25.4 Å². The van der Waals surface area contributed by atoms with Crippen LogP contribution in [0.2, 0.25) is 0 Å². The van der Waals surface area contributed by atoms with E-state index in [9.17, 15) is 9.18 Å². The van der Waals surface area contributed by atoms with Crippen molar-refractivity contribution in [2.75, 3.05) is 19.7 Å². The van der Waals surface area contributed by atoms with Gasteiger partial charge in [-0.05, 0) is 29.8 Å². The zero-order chi connectivity index (χ0) is 16.9. The standard InChI is InChI=1S/C17H20FN4O2/c1-22-11-13(9-21-22)12-3-2-4-15(7-12)24-6-5-19-17(23)16-8-14(18)10-20-16/h3-4,7,9,11,14,16,20H,5-6,8,10H2,1H3,(H,19,23). The average molecular weight is 331 g/mol. The number of alkyl halides is 1. The smallest absolute Gasteiger partial charge is 0.237 e. The highest BCUT2D eigenvalue weighted by Gasteiger charge is 2.28. The second-order valence-corrected chi connectivity index (χ2v) is 5.79. The fraction of sp³-hybridized carbons (Fsp3) is 0.412. The lowest BCUT2D eigenvalue weighted by Crippen LogP contribution is -2.41. The van der Waals surface area contributed by atoms with Gasteiger partial charge >= 0.3 is 0 Å². The third kappa shape index (κ3) is 4.11. The summed E-state index contributed by atoms with van der Waals surface area (Å²) < 4.78 is 20.4. The van der Waals surface area contributed by atoms with Gasteiger partial charge in [0, 0.05) is 31.8 Å². The van der Waals surface area contributed by atoms with Crippen molar-refractivity contribution in [3.05, 3.63) is 36.7 Å². The zero-order valence-electron chi connectivity index (χ0n) is 13.5. The quantitative estimate of drug-likeness (QED) is 0.778. The minimum Gasteiger partial charge on any atom is -0.492 e. The maximum Gasteiger partial charge on any atom is 0.237 e. The summed E-state index contributed by atoms with van der Waals surface area (Å²) in [5.41, 5.74) is 1.95. The first-order valence-corrected chi connectivity index (χ1v) is 7.90. The predicted molar refractivity (Wildman–Crippen MR) is 87.3 cm³/mol. The summed E-state index contributed by atoms with van der Waals surface area (Å²) in [6.45, 7) is 0.943. The van der Waals surface area contributed by atoms with Gasteiger partial charge in [0.1, 0.15) is 18.5 Å². The van der Waals surface area contributed by atoms with Crippen molar-refractivity contribution in [3.8, 4) is 16.9 Å². The van der Waals surface area contributed by atoms with Gasteiger partial charge in [0.15, 0.2) is 0 Å². The van der Waals surface area contributed by atoms with Crippen LogP contribution in [0.5, 0.6) is 5.75 Å². The molecule has 1 saturated heterocycles. The van der Waals surface area contributed by atoms with Crippen LogP contribution in [0, 0.1) is 6.07 Å². The molecule has 6 nitrogen and oxygen atoms in total. The highest BCUT2D eigenvalue weighted by atomic mass is 19.1. The molecule has 1 aromatic heterocycles. The number of carbonyl (C=O) groups excluding carboxylic acids is 1. The molecule has 24 heavy (non-hydrogen) atoms. The fourth-order valence-corrected chi connectivity index (χ4v) is 2.63. The van der Waals surface area contributed by atoms with E-state index in [0.717, 1.165) is 11.1 Å². The maximum atomic E-state index is 13.0. The van der Waals surface area contributed by atoms with E-state index < -0.39 is 12.2 Å². The molecule has 1 aliphatic rings. The number of halogens is 1. The molecule has 0 aliphatic carbocycles. The summed E-state index contributed by atoms with van der Waals surface area (Å²) in [4.78, 5) is 11.8. The molecule has 3 rings (SSSR count). The number of aromatic nitrogens is 2. The van der Waals surface area contributed by atoms with Gasteiger partial charge in [0.05, 0.1) is 18.8 Å². The fourth-order valence-electron chi connectivity index (χ4n) is 2.63. The predicted octanol–water partition coefficient (Wildman–Crippen LogP) is 1.08. The van der Waals surface area contributed by atoms with E-state index in [1.54, 1.807) is 16.9 Å². The van der Waals surface area contributed by atoms with Gasteiger partial charge in [-0.2, -0.15) is 5.10 Å². The molecule has 127 valence electrons. The summed E-state index contributed by atoms with van der Waals surface area (Å²) in [5.74, 6) is 0.489. The van der Waals surface area contributed by atoms with E-state index in [0.29, 0.717) is 18.9 Å². The molecule has 1 aliphatic heterocycles. The molecule has 2 atom stereocenters. The molecular formula is C17H20FN4O2. The van der Waals surface area contributed by atoms with Crippen LogP contribution in [0.1, 0.15) is 6.42 Å². The van der Waals surface area contributed by atoms with E-state index in [2.05, 4.69) is 21.8 Å². The maximum absolute atomic E-state index is 13.0. The molecule has 1 radical (unpaired) electrons. The molecule has 2 heterocycles. The van der Waals surface area contributed by atoms with Crippen LogP contribution in [0.3, 0.4) is 0 Å². The number of ether oxygens (including phenoxy) is 1. The molecule has 1 amide bonds. The highest BCUT2D eigenvalue weighted by molar-refractivity contribution is 5.82. The number of carbonyl (C=O) groups is 1. The van der Waals surface area contributed by atoms with E-state index in [1.165, 1.54) is 0 Å². The second kappa shape index (κ2) is 7.44. The molecule has 2 N–H and O–H groups in total. The van der Waals surface area contributed by atoms with Gasteiger partial charge in [-0.3, -0.25) is 9.48 Å². The number of hydrogen-bond acceptors (Lipinski definition) is 4. The Bertz CT molecular complexity index is 703. The van der Waals surface area contributed by atoms with Crippen LogP contribution in [-0.2, 0) is 11.8 Å². The van der Waals surface area contributed by atoms with Gasteiger partial charge in [0.25, 0.3) is 0 Å². The van der Waals surface area contributed by atoms with Crippen molar-refractivity contribution in [3.63, 3.8) is 0 Å². The van der Waals surface area contributed by atoms with Gasteiger partial charge in [-0.15, -0.1) is 0 Å². The number of nitrogens with one attached hydrogen (secondary N) is 2. The molecule has 2 unspecified atom stereocenters. The first-order valence-electron chi connectivity index (χ1n) is 7.90.